The van der Waals surface area contributed by atoms with E-state index in [9.17, 15) is 4.79 Å². The quantitative estimate of drug-likeness (QED) is 0.804. The summed E-state index contributed by atoms with van der Waals surface area (Å²) in [5.41, 5.74) is 8.09. The van der Waals surface area contributed by atoms with E-state index in [0.717, 1.165) is 16.9 Å². The molecule has 2 aromatic rings. The molecule has 0 saturated heterocycles. The Morgan fingerprint density at radius 3 is 2.31 bits per heavy atom. The first kappa shape index (κ1) is 24.2. The molecule has 5 nitrogen and oxygen atoms in total. The van der Waals surface area contributed by atoms with E-state index in [-0.39, 0.29) is 36.1 Å². The number of nitrogens with zero attached hydrogens (tertiary/aromatic N) is 2. The molecule has 0 bridgehead atoms. The normalized spacial score (nSPS) is 10.3. The average molecular weight is 400 g/mol. The molecule has 0 radical (unpaired) electrons. The van der Waals surface area contributed by atoms with Gasteiger partial charge in [0, 0.05) is 31.5 Å². The van der Waals surface area contributed by atoms with Crippen LogP contribution < -0.4 is 10.5 Å². The summed E-state index contributed by atoms with van der Waals surface area (Å²) in [5.74, 6) is 0.738. The Bertz CT molecular complexity index is 706. The van der Waals surface area contributed by atoms with Crippen molar-refractivity contribution in [2.24, 2.45) is 11.1 Å². The fourth-order valence-corrected chi connectivity index (χ4v) is 2.50. The maximum absolute atomic E-state index is 12.6. The molecule has 7 heteroatoms. The number of benzene rings is 1. The van der Waals surface area contributed by atoms with Gasteiger partial charge in [0.1, 0.15) is 5.75 Å². The smallest absolute Gasteiger partial charge is 0.255 e. The van der Waals surface area contributed by atoms with Crippen molar-refractivity contribution >= 4 is 30.7 Å². The fourth-order valence-electron chi connectivity index (χ4n) is 2.50. The lowest BCUT2D eigenvalue weighted by molar-refractivity contribution is 0.0740. The number of pyridine rings is 1. The van der Waals surface area contributed by atoms with Gasteiger partial charge in [-0.15, -0.1) is 24.8 Å². The number of nitrogens with two attached hydrogens (primary N) is 1. The van der Waals surface area contributed by atoms with Gasteiger partial charge in [0.15, 0.2) is 0 Å². The molecule has 0 unspecified atom stereocenters. The summed E-state index contributed by atoms with van der Waals surface area (Å²) in [5, 5.41) is 0. The molecular weight excluding hydrogens is 373 g/mol. The van der Waals surface area contributed by atoms with Crippen molar-refractivity contribution in [1.82, 2.24) is 9.88 Å². The summed E-state index contributed by atoms with van der Waals surface area (Å²) in [6, 6.07) is 9.54. The van der Waals surface area contributed by atoms with Crippen LogP contribution in [0.4, 0.5) is 0 Å². The van der Waals surface area contributed by atoms with E-state index in [1.165, 1.54) is 0 Å². The molecule has 0 aliphatic heterocycles. The molecule has 1 amide bonds. The molecule has 2 rings (SSSR count). The van der Waals surface area contributed by atoms with Gasteiger partial charge in [0.25, 0.3) is 5.91 Å². The first-order chi connectivity index (χ1) is 11.4. The van der Waals surface area contributed by atoms with Gasteiger partial charge in [-0.2, -0.15) is 0 Å². The number of ether oxygens (including phenoxy) is 1. The molecule has 26 heavy (non-hydrogen) atoms. The number of hydrogen-bond acceptors (Lipinski definition) is 4. The van der Waals surface area contributed by atoms with Crippen LogP contribution in [0.2, 0.25) is 0 Å². The van der Waals surface area contributed by atoms with Crippen LogP contribution in [-0.2, 0) is 0 Å². The van der Waals surface area contributed by atoms with Gasteiger partial charge in [-0.25, -0.2) is 0 Å². The number of amides is 1. The second-order valence-corrected chi connectivity index (χ2v) is 6.72. The third-order valence-corrected chi connectivity index (χ3v) is 3.97. The summed E-state index contributed by atoms with van der Waals surface area (Å²) in [6.45, 7) is 5.20. The number of methoxy groups -OCH3 is 1. The Morgan fingerprint density at radius 1 is 1.15 bits per heavy atom. The number of carbonyl (C=O) groups is 1. The lowest BCUT2D eigenvalue weighted by Gasteiger charge is -2.29. The average Bonchev–Trinajstić information content (AvgIpc) is 2.61. The van der Waals surface area contributed by atoms with Gasteiger partial charge in [-0.05, 0) is 35.7 Å². The van der Waals surface area contributed by atoms with Crippen LogP contribution in [0.5, 0.6) is 5.75 Å². The third kappa shape index (κ3) is 6.16. The van der Waals surface area contributed by atoms with Crippen LogP contribution in [0.3, 0.4) is 0 Å². The fraction of sp³-hybridized carbons (Fsp3) is 0.368. The topological polar surface area (TPSA) is 68.5 Å². The van der Waals surface area contributed by atoms with Crippen molar-refractivity contribution in [3.8, 4) is 16.9 Å². The molecule has 1 aromatic carbocycles. The number of rotatable bonds is 6. The zero-order chi connectivity index (χ0) is 17.7. The molecule has 2 N–H and O–H groups in total. The van der Waals surface area contributed by atoms with Gasteiger partial charge < -0.3 is 15.4 Å². The third-order valence-electron chi connectivity index (χ3n) is 3.97. The molecule has 0 saturated carbocycles. The van der Waals surface area contributed by atoms with Gasteiger partial charge in [0.05, 0.1) is 12.7 Å². The SMILES string of the molecule is COc1ccc(-c2cncc(C(=O)N(C)CC(C)(C)CN)c2)cc1.Cl.Cl. The summed E-state index contributed by atoms with van der Waals surface area (Å²) in [6.07, 6.45) is 3.35. The zero-order valence-corrected chi connectivity index (χ0v) is 17.2. The molecule has 0 aliphatic carbocycles. The minimum Gasteiger partial charge on any atom is -0.497 e. The molecule has 144 valence electrons. The molecule has 0 fully saturated rings. The van der Waals surface area contributed by atoms with Crippen LogP contribution in [0.15, 0.2) is 42.7 Å². The van der Waals surface area contributed by atoms with Crippen LogP contribution in [-0.4, -0.2) is 43.0 Å². The van der Waals surface area contributed by atoms with Crippen molar-refractivity contribution in [2.45, 2.75) is 13.8 Å². The highest BCUT2D eigenvalue weighted by Gasteiger charge is 2.22. The van der Waals surface area contributed by atoms with Gasteiger partial charge in [-0.3, -0.25) is 9.78 Å². The van der Waals surface area contributed by atoms with E-state index in [4.69, 9.17) is 10.5 Å². The summed E-state index contributed by atoms with van der Waals surface area (Å²) < 4.78 is 5.17. The van der Waals surface area contributed by atoms with E-state index in [1.807, 2.05) is 44.2 Å². The number of halogens is 2. The standard InChI is InChI=1S/C19H25N3O2.2ClH/c1-19(2,12-20)13-22(3)18(23)16-9-15(10-21-11-16)14-5-7-17(24-4)8-6-14;;/h5-11H,12-13,20H2,1-4H3;2*1H. The van der Waals surface area contributed by atoms with Crippen LogP contribution in [0.1, 0.15) is 24.2 Å². The zero-order valence-electron chi connectivity index (χ0n) is 15.6. The van der Waals surface area contributed by atoms with E-state index in [1.54, 1.807) is 31.5 Å². The van der Waals surface area contributed by atoms with Crippen molar-refractivity contribution in [1.29, 1.82) is 0 Å². The number of hydrogen-bond donors (Lipinski definition) is 1. The van der Waals surface area contributed by atoms with Crippen molar-refractivity contribution in [3.05, 3.63) is 48.3 Å². The Hall–Kier alpha value is -1.82. The van der Waals surface area contributed by atoms with E-state index in [2.05, 4.69) is 4.98 Å². The summed E-state index contributed by atoms with van der Waals surface area (Å²) >= 11 is 0. The highest BCUT2D eigenvalue weighted by Crippen LogP contribution is 2.23. The maximum Gasteiger partial charge on any atom is 0.255 e. The van der Waals surface area contributed by atoms with E-state index in [0.29, 0.717) is 18.7 Å². The van der Waals surface area contributed by atoms with Crippen molar-refractivity contribution in [2.75, 3.05) is 27.2 Å². The molecule has 1 aromatic heterocycles. The Kier molecular flexibility index (Phi) is 9.63. The number of aromatic nitrogens is 1. The second-order valence-electron chi connectivity index (χ2n) is 6.72. The predicted octanol–water partition coefficient (Wildman–Crippen LogP) is 3.66. The van der Waals surface area contributed by atoms with Gasteiger partial charge >= 0.3 is 0 Å². The van der Waals surface area contributed by atoms with Gasteiger partial charge in [-0.1, -0.05) is 26.0 Å². The van der Waals surface area contributed by atoms with Crippen LogP contribution in [0, 0.1) is 5.41 Å². The van der Waals surface area contributed by atoms with E-state index < -0.39 is 0 Å². The number of carbonyl (C=O) groups excluding carboxylic acids is 1. The summed E-state index contributed by atoms with van der Waals surface area (Å²) in [7, 11) is 3.42. The predicted molar refractivity (Wildman–Crippen MR) is 111 cm³/mol. The second kappa shape index (κ2) is 10.4. The molecule has 1 heterocycles. The van der Waals surface area contributed by atoms with Crippen LogP contribution >= 0.6 is 24.8 Å². The Morgan fingerprint density at radius 2 is 1.77 bits per heavy atom. The van der Waals surface area contributed by atoms with Gasteiger partial charge in [0.2, 0.25) is 0 Å². The molecule has 0 aliphatic rings. The van der Waals surface area contributed by atoms with Crippen molar-refractivity contribution in [3.63, 3.8) is 0 Å². The highest BCUT2D eigenvalue weighted by molar-refractivity contribution is 5.95. The minimum atomic E-state index is -0.120. The van der Waals surface area contributed by atoms with Crippen LogP contribution in [0.25, 0.3) is 11.1 Å². The lowest BCUT2D eigenvalue weighted by atomic mass is 9.93. The largest absolute Gasteiger partial charge is 0.497 e. The highest BCUT2D eigenvalue weighted by atomic mass is 35.5. The molecule has 0 atom stereocenters. The minimum absolute atomic E-state index is 0. The Labute approximate surface area is 167 Å². The van der Waals surface area contributed by atoms with E-state index >= 15 is 0 Å². The first-order valence-electron chi connectivity index (χ1n) is 7.91. The molecule has 0 spiro atoms. The molecular formula is C19H27Cl2N3O2. The van der Waals surface area contributed by atoms with Crippen molar-refractivity contribution < 1.29 is 9.53 Å². The maximum atomic E-state index is 12.6. The summed E-state index contributed by atoms with van der Waals surface area (Å²) in [4.78, 5) is 18.6. The lowest BCUT2D eigenvalue weighted by Crippen LogP contribution is -2.39. The first-order valence-corrected chi connectivity index (χ1v) is 7.91. The monoisotopic (exact) mass is 399 g/mol. The Balaban J connectivity index is 0.00000312.